The van der Waals surface area contributed by atoms with Crippen molar-refractivity contribution < 1.29 is 9.90 Å². The van der Waals surface area contributed by atoms with Gasteiger partial charge in [0.1, 0.15) is 0 Å². The van der Waals surface area contributed by atoms with Gasteiger partial charge in [-0.15, -0.1) is 0 Å². The molecule has 0 saturated heterocycles. The van der Waals surface area contributed by atoms with Crippen molar-refractivity contribution in [2.24, 2.45) is 12.8 Å². The van der Waals surface area contributed by atoms with Gasteiger partial charge < -0.3 is 15.4 Å². The lowest BCUT2D eigenvalue weighted by Crippen LogP contribution is -1.98. The fourth-order valence-corrected chi connectivity index (χ4v) is 2.03. The predicted molar refractivity (Wildman–Crippen MR) is 62.5 cm³/mol. The first-order valence-electron chi connectivity index (χ1n) is 5.07. The van der Waals surface area contributed by atoms with Gasteiger partial charge >= 0.3 is 5.97 Å². The number of aryl methyl sites for hydroxylation is 1. The summed E-state index contributed by atoms with van der Waals surface area (Å²) in [4.78, 5) is 10.9. The molecule has 0 aliphatic heterocycles. The maximum absolute atomic E-state index is 10.9. The minimum Gasteiger partial charge on any atom is -0.478 e. The van der Waals surface area contributed by atoms with Crippen LogP contribution in [0.5, 0.6) is 0 Å². The number of nitrogens with two attached hydrogens (primary N) is 1. The lowest BCUT2D eigenvalue weighted by atomic mass is 10.1. The second-order valence-electron chi connectivity index (χ2n) is 3.86. The number of fused-ring (bicyclic) bond motifs is 1. The highest BCUT2D eigenvalue weighted by Gasteiger charge is 2.12. The summed E-state index contributed by atoms with van der Waals surface area (Å²) in [5, 5.41) is 9.97. The number of hydrogen-bond donors (Lipinski definition) is 2. The molecule has 1 aromatic heterocycles. The maximum Gasteiger partial charge on any atom is 0.335 e. The van der Waals surface area contributed by atoms with Gasteiger partial charge in [0, 0.05) is 30.2 Å². The van der Waals surface area contributed by atoms with E-state index >= 15 is 0 Å². The zero-order valence-electron chi connectivity index (χ0n) is 9.32. The van der Waals surface area contributed by atoms with Gasteiger partial charge in [0.05, 0.1) is 5.56 Å². The minimum atomic E-state index is -0.907. The van der Waals surface area contributed by atoms with E-state index in [1.807, 2.05) is 24.6 Å². The van der Waals surface area contributed by atoms with Crippen molar-refractivity contribution in [1.82, 2.24) is 4.57 Å². The van der Waals surface area contributed by atoms with Crippen molar-refractivity contribution in [2.75, 3.05) is 0 Å². The zero-order valence-corrected chi connectivity index (χ0v) is 9.32. The van der Waals surface area contributed by atoms with Crippen molar-refractivity contribution >= 4 is 16.9 Å². The second kappa shape index (κ2) is 3.64. The van der Waals surface area contributed by atoms with Crippen LogP contribution in [0.15, 0.2) is 18.2 Å². The van der Waals surface area contributed by atoms with E-state index < -0.39 is 5.97 Å². The summed E-state index contributed by atoms with van der Waals surface area (Å²) in [5.74, 6) is -0.907. The molecule has 0 fully saturated rings. The summed E-state index contributed by atoms with van der Waals surface area (Å²) in [6, 6.07) is 5.13. The molecule has 0 unspecified atom stereocenters. The lowest BCUT2D eigenvalue weighted by molar-refractivity contribution is 0.0697. The molecular weight excluding hydrogens is 204 g/mol. The molecule has 2 aromatic rings. The monoisotopic (exact) mass is 218 g/mol. The number of carbonyl (C=O) groups is 1. The van der Waals surface area contributed by atoms with E-state index in [0.29, 0.717) is 12.1 Å². The molecule has 4 heteroatoms. The fraction of sp³-hybridized carbons (Fsp3) is 0.250. The first kappa shape index (κ1) is 10.7. The summed E-state index contributed by atoms with van der Waals surface area (Å²) >= 11 is 0. The molecule has 0 aliphatic carbocycles. The van der Waals surface area contributed by atoms with Crippen LogP contribution in [0.1, 0.15) is 21.6 Å². The number of carboxylic acids is 1. The summed E-state index contributed by atoms with van der Waals surface area (Å²) < 4.78 is 1.98. The Labute approximate surface area is 93.3 Å². The molecule has 4 nitrogen and oxygen atoms in total. The van der Waals surface area contributed by atoms with Crippen LogP contribution in [-0.2, 0) is 13.6 Å². The summed E-state index contributed by atoms with van der Waals surface area (Å²) in [5.41, 5.74) is 9.08. The third-order valence-electron chi connectivity index (χ3n) is 3.08. The van der Waals surface area contributed by atoms with Crippen molar-refractivity contribution in [3.05, 3.63) is 35.0 Å². The first-order valence-corrected chi connectivity index (χ1v) is 5.07. The number of carboxylic acid groups (broad SMARTS) is 1. The highest BCUT2D eigenvalue weighted by Crippen LogP contribution is 2.25. The van der Waals surface area contributed by atoms with E-state index in [2.05, 4.69) is 0 Å². The molecule has 84 valence electrons. The molecule has 0 bridgehead atoms. The largest absolute Gasteiger partial charge is 0.478 e. The Kier molecular flexibility index (Phi) is 2.44. The molecule has 1 aromatic carbocycles. The molecule has 1 heterocycles. The van der Waals surface area contributed by atoms with Gasteiger partial charge in [-0.1, -0.05) is 6.07 Å². The Morgan fingerprint density at radius 1 is 1.50 bits per heavy atom. The Balaban J connectivity index is 2.80. The van der Waals surface area contributed by atoms with E-state index in [-0.39, 0.29) is 0 Å². The highest BCUT2D eigenvalue weighted by molar-refractivity contribution is 5.95. The van der Waals surface area contributed by atoms with Crippen molar-refractivity contribution in [3.63, 3.8) is 0 Å². The van der Waals surface area contributed by atoms with Crippen LogP contribution in [0.3, 0.4) is 0 Å². The Morgan fingerprint density at radius 3 is 2.75 bits per heavy atom. The Bertz CT molecular complexity index is 570. The molecule has 16 heavy (non-hydrogen) atoms. The van der Waals surface area contributed by atoms with Gasteiger partial charge in [0.25, 0.3) is 0 Å². The van der Waals surface area contributed by atoms with Gasteiger partial charge in [-0.05, 0) is 24.6 Å². The Hall–Kier alpha value is -1.81. The van der Waals surface area contributed by atoms with Gasteiger partial charge in [0.2, 0.25) is 0 Å². The van der Waals surface area contributed by atoms with Crippen molar-refractivity contribution in [3.8, 4) is 0 Å². The summed E-state index contributed by atoms with van der Waals surface area (Å²) in [6.45, 7) is 2.46. The van der Waals surface area contributed by atoms with Crippen LogP contribution in [0.25, 0.3) is 10.9 Å². The first-order chi connectivity index (χ1) is 7.56. The third kappa shape index (κ3) is 1.39. The molecule has 0 saturated carbocycles. The van der Waals surface area contributed by atoms with Crippen LogP contribution in [0.2, 0.25) is 0 Å². The lowest BCUT2D eigenvalue weighted by Gasteiger charge is -1.99. The molecule has 0 radical (unpaired) electrons. The number of rotatable bonds is 2. The molecular formula is C12H14N2O2. The van der Waals surface area contributed by atoms with Crippen molar-refractivity contribution in [2.45, 2.75) is 13.5 Å². The normalized spacial score (nSPS) is 10.9. The molecule has 0 aliphatic rings. The highest BCUT2D eigenvalue weighted by atomic mass is 16.4. The van der Waals surface area contributed by atoms with E-state index in [9.17, 15) is 4.79 Å². The third-order valence-corrected chi connectivity index (χ3v) is 3.08. The number of benzene rings is 1. The van der Waals surface area contributed by atoms with E-state index in [1.165, 1.54) is 0 Å². The van der Waals surface area contributed by atoms with Crippen LogP contribution in [0, 0.1) is 6.92 Å². The second-order valence-corrected chi connectivity index (χ2v) is 3.86. The Morgan fingerprint density at radius 2 is 2.19 bits per heavy atom. The minimum absolute atomic E-state index is 0.302. The van der Waals surface area contributed by atoms with Crippen LogP contribution >= 0.6 is 0 Å². The predicted octanol–water partition coefficient (Wildman–Crippen LogP) is 1.64. The number of nitrogens with zero attached hydrogens (tertiary/aromatic N) is 1. The van der Waals surface area contributed by atoms with Gasteiger partial charge in [-0.2, -0.15) is 0 Å². The van der Waals surface area contributed by atoms with Gasteiger partial charge in [-0.3, -0.25) is 0 Å². The molecule has 0 atom stereocenters. The summed E-state index contributed by atoms with van der Waals surface area (Å²) in [6.07, 6.45) is 0. The standard InChI is InChI=1S/C12H14N2O2/c1-7-10(6-13)9-4-3-8(12(15)16)5-11(9)14(7)2/h3-5H,6,13H2,1-2H3,(H,15,16). The van der Waals surface area contributed by atoms with Crippen LogP contribution < -0.4 is 5.73 Å². The number of aromatic carboxylic acids is 1. The molecule has 2 rings (SSSR count). The fourth-order valence-electron chi connectivity index (χ4n) is 2.03. The quantitative estimate of drug-likeness (QED) is 0.805. The maximum atomic E-state index is 10.9. The molecule has 0 spiro atoms. The van der Waals surface area contributed by atoms with E-state index in [4.69, 9.17) is 10.8 Å². The topological polar surface area (TPSA) is 68.2 Å². The van der Waals surface area contributed by atoms with Crippen LogP contribution in [0.4, 0.5) is 0 Å². The van der Waals surface area contributed by atoms with Gasteiger partial charge in [0.15, 0.2) is 0 Å². The number of hydrogen-bond acceptors (Lipinski definition) is 2. The van der Waals surface area contributed by atoms with E-state index in [1.54, 1.807) is 12.1 Å². The average molecular weight is 218 g/mol. The molecule has 0 amide bonds. The SMILES string of the molecule is Cc1c(CN)c2ccc(C(=O)O)cc2n1C. The van der Waals surface area contributed by atoms with Gasteiger partial charge in [-0.25, -0.2) is 4.79 Å². The van der Waals surface area contributed by atoms with Crippen LogP contribution in [-0.4, -0.2) is 15.6 Å². The smallest absolute Gasteiger partial charge is 0.335 e. The zero-order chi connectivity index (χ0) is 11.9. The van der Waals surface area contributed by atoms with E-state index in [0.717, 1.165) is 22.2 Å². The molecule has 3 N–H and O–H groups in total. The van der Waals surface area contributed by atoms with Crippen molar-refractivity contribution in [1.29, 1.82) is 0 Å². The number of aromatic nitrogens is 1. The summed E-state index contributed by atoms with van der Waals surface area (Å²) in [7, 11) is 1.92. The average Bonchev–Trinajstić information content (AvgIpc) is 2.51.